The molecule has 3 rings (SSSR count). The molecule has 0 aliphatic carbocycles. The first-order valence-electron chi connectivity index (χ1n) is 8.30. The average Bonchev–Trinajstić information content (AvgIpc) is 2.64. The number of fused-ring (bicyclic) bond motifs is 1. The number of urea groups is 1. The number of anilines is 1. The molecule has 2 aliphatic heterocycles. The maximum absolute atomic E-state index is 12.5. The molecule has 3 atom stereocenters. The molecule has 0 aromatic heterocycles. The minimum Gasteiger partial charge on any atom is -0.477 e. The minimum atomic E-state index is -1.17. The average molecular weight is 405 g/mol. The van der Waals surface area contributed by atoms with Crippen LogP contribution >= 0.6 is 11.8 Å². The number of carbonyl (C=O) groups excluding carboxylic acids is 3. The number of benzene rings is 1. The molecule has 11 heteroatoms. The molecule has 0 radical (unpaired) electrons. The molecule has 7 N–H and O–H groups in total. The van der Waals surface area contributed by atoms with Crippen LogP contribution in [0.5, 0.6) is 0 Å². The summed E-state index contributed by atoms with van der Waals surface area (Å²) in [6.07, 6.45) is 0. The molecule has 10 nitrogen and oxygen atoms in total. The molecule has 148 valence electrons. The lowest BCUT2D eigenvalue weighted by Crippen LogP contribution is -2.71. The second kappa shape index (κ2) is 7.52. The lowest BCUT2D eigenvalue weighted by Gasteiger charge is -2.49. The number of nitrogens with zero attached hydrogens (tertiary/aromatic N) is 1. The van der Waals surface area contributed by atoms with Gasteiger partial charge in [0.2, 0.25) is 5.91 Å². The van der Waals surface area contributed by atoms with E-state index in [-0.39, 0.29) is 5.70 Å². The number of amides is 4. The van der Waals surface area contributed by atoms with Crippen LogP contribution in [0.15, 0.2) is 35.5 Å². The lowest BCUT2D eigenvalue weighted by molar-refractivity contribution is -0.150. The summed E-state index contributed by atoms with van der Waals surface area (Å²) in [4.78, 5) is 48.5. The highest BCUT2D eigenvalue weighted by atomic mass is 32.2. The van der Waals surface area contributed by atoms with Crippen LogP contribution in [-0.2, 0) is 14.4 Å². The number of carboxylic acids is 1. The number of hydrogen-bond donors (Lipinski definition) is 5. The zero-order valence-corrected chi connectivity index (χ0v) is 15.7. The van der Waals surface area contributed by atoms with Crippen LogP contribution in [0.4, 0.5) is 10.5 Å². The second-order valence-corrected chi connectivity index (χ2v) is 7.53. The van der Waals surface area contributed by atoms with Gasteiger partial charge in [0.05, 0.1) is 0 Å². The first-order chi connectivity index (χ1) is 13.2. The molecule has 0 saturated carbocycles. The molecule has 1 fully saturated rings. The van der Waals surface area contributed by atoms with Gasteiger partial charge in [-0.2, -0.15) is 0 Å². The summed E-state index contributed by atoms with van der Waals surface area (Å²) in [6, 6.07) is 3.63. The number of carbonyl (C=O) groups is 4. The van der Waals surface area contributed by atoms with Gasteiger partial charge in [0.25, 0.3) is 5.91 Å². The maximum Gasteiger partial charge on any atom is 0.352 e. The molecule has 1 saturated heterocycles. The van der Waals surface area contributed by atoms with Gasteiger partial charge in [-0.05, 0) is 30.2 Å². The Hall–Kier alpha value is -3.05. The molecular formula is C17H19N5O5S. The summed E-state index contributed by atoms with van der Waals surface area (Å²) in [6.45, 7) is 1.66. The van der Waals surface area contributed by atoms with Crippen molar-refractivity contribution in [3.8, 4) is 0 Å². The zero-order valence-electron chi connectivity index (χ0n) is 14.8. The quantitative estimate of drug-likeness (QED) is 0.427. The standard InChI is InChI=1S/C17H19N5O5S/c1-7-6-28-15-11(14(24)22(15)12(7)16(25)26)21-13(23)10(18)8-3-2-4-9(5-8)20-17(19)27/h2-5,10-11,15H,6,18H2,1H3,(H,21,23)(H,25,26)(H3,19,20,27)/t10?,11?,15-/m1/s1. The number of aliphatic carboxylic acids is 1. The highest BCUT2D eigenvalue weighted by Crippen LogP contribution is 2.40. The van der Waals surface area contributed by atoms with Gasteiger partial charge in [-0.1, -0.05) is 12.1 Å². The third kappa shape index (κ3) is 3.53. The zero-order chi connectivity index (χ0) is 20.6. The fraction of sp³-hybridized carbons (Fsp3) is 0.294. The van der Waals surface area contributed by atoms with Gasteiger partial charge in [-0.15, -0.1) is 11.8 Å². The van der Waals surface area contributed by atoms with Crippen molar-refractivity contribution < 1.29 is 24.3 Å². The Kier molecular flexibility index (Phi) is 5.29. The normalized spacial score (nSPS) is 22.1. The van der Waals surface area contributed by atoms with Crippen LogP contribution in [-0.4, -0.2) is 51.0 Å². The summed E-state index contributed by atoms with van der Waals surface area (Å²) in [5.74, 6) is -1.79. The highest BCUT2D eigenvalue weighted by molar-refractivity contribution is 8.00. The lowest BCUT2D eigenvalue weighted by atomic mass is 10.0. The van der Waals surface area contributed by atoms with Gasteiger partial charge in [0.15, 0.2) is 0 Å². The number of rotatable bonds is 5. The van der Waals surface area contributed by atoms with Crippen LogP contribution in [0.3, 0.4) is 0 Å². The Morgan fingerprint density at radius 2 is 2.07 bits per heavy atom. The highest BCUT2D eigenvalue weighted by Gasteiger charge is 2.53. The first-order valence-corrected chi connectivity index (χ1v) is 9.35. The van der Waals surface area contributed by atoms with Gasteiger partial charge in [-0.25, -0.2) is 9.59 Å². The van der Waals surface area contributed by atoms with Crippen LogP contribution in [0.2, 0.25) is 0 Å². The monoisotopic (exact) mass is 405 g/mol. The van der Waals surface area contributed by atoms with Gasteiger partial charge in [0.1, 0.15) is 23.2 Å². The van der Waals surface area contributed by atoms with Crippen molar-refractivity contribution in [2.75, 3.05) is 11.1 Å². The molecule has 2 unspecified atom stereocenters. The van der Waals surface area contributed by atoms with E-state index in [2.05, 4.69) is 10.6 Å². The van der Waals surface area contributed by atoms with Crippen LogP contribution in [0.25, 0.3) is 0 Å². The second-order valence-electron chi connectivity index (χ2n) is 6.42. The Morgan fingerprint density at radius 3 is 2.71 bits per heavy atom. The molecule has 4 amide bonds. The number of β-lactam (4-membered cyclic amide) rings is 1. The van der Waals surface area contributed by atoms with Crippen molar-refractivity contribution >= 4 is 41.3 Å². The largest absolute Gasteiger partial charge is 0.477 e. The molecule has 0 spiro atoms. The number of carboxylic acid groups (broad SMARTS) is 1. The van der Waals surface area contributed by atoms with E-state index in [9.17, 15) is 24.3 Å². The smallest absolute Gasteiger partial charge is 0.352 e. The van der Waals surface area contributed by atoms with E-state index in [1.165, 1.54) is 22.7 Å². The van der Waals surface area contributed by atoms with E-state index in [4.69, 9.17) is 11.5 Å². The minimum absolute atomic E-state index is 0.0335. The molecule has 1 aromatic carbocycles. The number of thioether (sulfide) groups is 1. The van der Waals surface area contributed by atoms with E-state index in [0.29, 0.717) is 22.6 Å². The SMILES string of the molecule is CC1=C(C(=O)O)N2C(=O)C(NC(=O)C(N)c3cccc(NC(N)=O)c3)[C@H]2SC1. The maximum atomic E-state index is 12.5. The van der Waals surface area contributed by atoms with Gasteiger partial charge >= 0.3 is 12.0 Å². The number of hydrogen-bond acceptors (Lipinski definition) is 6. The van der Waals surface area contributed by atoms with E-state index in [1.807, 2.05) is 0 Å². The Balaban J connectivity index is 1.70. The van der Waals surface area contributed by atoms with Crippen molar-refractivity contribution in [2.24, 2.45) is 11.5 Å². The van der Waals surface area contributed by atoms with Crippen LogP contribution < -0.4 is 22.1 Å². The van der Waals surface area contributed by atoms with E-state index < -0.39 is 41.3 Å². The van der Waals surface area contributed by atoms with Crippen LogP contribution in [0, 0.1) is 0 Å². The van der Waals surface area contributed by atoms with Crippen molar-refractivity contribution in [3.63, 3.8) is 0 Å². The summed E-state index contributed by atoms with van der Waals surface area (Å²) in [5, 5.41) is 13.8. The molecular weight excluding hydrogens is 386 g/mol. The van der Waals surface area contributed by atoms with E-state index in [0.717, 1.165) is 0 Å². The number of nitrogens with one attached hydrogen (secondary N) is 2. The van der Waals surface area contributed by atoms with Gasteiger partial charge in [0, 0.05) is 11.4 Å². The van der Waals surface area contributed by atoms with Crippen molar-refractivity contribution in [3.05, 3.63) is 41.1 Å². The van der Waals surface area contributed by atoms with Crippen molar-refractivity contribution in [2.45, 2.75) is 24.4 Å². The molecule has 1 aromatic rings. The number of primary amides is 1. The predicted molar refractivity (Wildman–Crippen MR) is 102 cm³/mol. The Bertz CT molecular complexity index is 902. The fourth-order valence-corrected chi connectivity index (χ4v) is 4.41. The third-order valence-electron chi connectivity index (χ3n) is 4.45. The van der Waals surface area contributed by atoms with Crippen molar-refractivity contribution in [1.29, 1.82) is 0 Å². The predicted octanol–water partition coefficient (Wildman–Crippen LogP) is -0.0645. The molecule has 0 bridgehead atoms. The van der Waals surface area contributed by atoms with Gasteiger partial charge < -0.3 is 27.2 Å². The summed E-state index contributed by atoms with van der Waals surface area (Å²) in [7, 11) is 0. The fourth-order valence-electron chi connectivity index (χ4n) is 3.12. The van der Waals surface area contributed by atoms with Crippen molar-refractivity contribution in [1.82, 2.24) is 10.2 Å². The summed E-state index contributed by atoms with van der Waals surface area (Å²) >= 11 is 1.38. The molecule has 28 heavy (non-hydrogen) atoms. The molecule has 2 aliphatic rings. The van der Waals surface area contributed by atoms with E-state index in [1.54, 1.807) is 25.1 Å². The number of nitrogens with two attached hydrogens (primary N) is 2. The molecule has 2 heterocycles. The summed E-state index contributed by atoms with van der Waals surface area (Å²) < 4.78 is 0. The third-order valence-corrected chi connectivity index (χ3v) is 5.88. The van der Waals surface area contributed by atoms with E-state index >= 15 is 0 Å². The first kappa shape index (κ1) is 19.7. The Morgan fingerprint density at radius 1 is 1.36 bits per heavy atom. The summed E-state index contributed by atoms with van der Waals surface area (Å²) in [5.41, 5.74) is 12.4. The van der Waals surface area contributed by atoms with Gasteiger partial charge in [-0.3, -0.25) is 14.5 Å². The topological polar surface area (TPSA) is 168 Å². The van der Waals surface area contributed by atoms with Crippen LogP contribution in [0.1, 0.15) is 18.5 Å². The Labute approximate surface area is 164 Å².